The average molecular weight is 454 g/mol. The van der Waals surface area contributed by atoms with E-state index >= 15 is 0 Å². The van der Waals surface area contributed by atoms with Crippen LogP contribution in [0.2, 0.25) is 0 Å². The number of hydrogen-bond acceptors (Lipinski definition) is 8. The van der Waals surface area contributed by atoms with Gasteiger partial charge in [-0.1, -0.05) is 0 Å². The van der Waals surface area contributed by atoms with Crippen molar-refractivity contribution in [1.29, 1.82) is 0 Å². The van der Waals surface area contributed by atoms with Crippen LogP contribution in [0.5, 0.6) is 11.5 Å². The lowest BCUT2D eigenvalue weighted by atomic mass is 10.1. The second kappa shape index (κ2) is 8.48. The van der Waals surface area contributed by atoms with Crippen LogP contribution in [0.25, 0.3) is 11.0 Å². The number of nitrogens with two attached hydrogens (primary N) is 1. The summed E-state index contributed by atoms with van der Waals surface area (Å²) in [5.41, 5.74) is 7.94. The van der Waals surface area contributed by atoms with Crippen molar-refractivity contribution in [1.82, 2.24) is 14.5 Å². The highest BCUT2D eigenvalue weighted by atomic mass is 16.8. The summed E-state index contributed by atoms with van der Waals surface area (Å²) >= 11 is 0. The number of aromatic nitrogens is 3. The van der Waals surface area contributed by atoms with Gasteiger partial charge in [-0.2, -0.15) is 0 Å². The monoisotopic (exact) mass is 453 g/mol. The van der Waals surface area contributed by atoms with Gasteiger partial charge in [0.2, 0.25) is 0 Å². The van der Waals surface area contributed by atoms with E-state index in [4.69, 9.17) is 24.7 Å². The van der Waals surface area contributed by atoms with Gasteiger partial charge in [-0.15, -0.1) is 0 Å². The fourth-order valence-electron chi connectivity index (χ4n) is 5.12. The van der Waals surface area contributed by atoms with Crippen LogP contribution in [0.1, 0.15) is 31.9 Å². The molecule has 2 aliphatic rings. The van der Waals surface area contributed by atoms with E-state index in [0.29, 0.717) is 13.1 Å². The lowest BCUT2D eigenvalue weighted by Crippen LogP contribution is -2.29. The molecule has 176 valence electrons. The highest BCUT2D eigenvalue weighted by Crippen LogP contribution is 2.47. The van der Waals surface area contributed by atoms with E-state index < -0.39 is 5.79 Å². The Morgan fingerprint density at radius 1 is 1.15 bits per heavy atom. The molecule has 9 nitrogen and oxygen atoms in total. The Morgan fingerprint density at radius 2 is 1.97 bits per heavy atom. The Hall–Kier alpha value is -2.88. The zero-order valence-corrected chi connectivity index (χ0v) is 19.4. The Labute approximate surface area is 193 Å². The standard InChI is InChI=1S/C24H31N5O4/c1-24(2)32-20-15(11-25)9-18(21(20)33-24)29-8-7-17-22(27-13-28-23(17)29)26-12-14-5-6-16(30-3)10-19(14)31-4/h5-8,10,13,15,18,20-21H,9,11-12,25H2,1-4H3,(H,26,27,28). The van der Waals surface area contributed by atoms with E-state index in [1.807, 2.05) is 32.0 Å². The van der Waals surface area contributed by atoms with E-state index in [1.165, 1.54) is 0 Å². The van der Waals surface area contributed by atoms with Gasteiger partial charge in [-0.25, -0.2) is 9.97 Å². The first-order valence-electron chi connectivity index (χ1n) is 11.3. The molecule has 1 saturated heterocycles. The second-order valence-corrected chi connectivity index (χ2v) is 9.08. The fraction of sp³-hybridized carbons (Fsp3) is 0.500. The van der Waals surface area contributed by atoms with Crippen molar-refractivity contribution in [3.8, 4) is 11.5 Å². The quantitative estimate of drug-likeness (QED) is 0.562. The van der Waals surface area contributed by atoms with Crippen LogP contribution in [-0.4, -0.2) is 53.3 Å². The molecular weight excluding hydrogens is 422 g/mol. The molecule has 1 aliphatic heterocycles. The molecule has 4 atom stereocenters. The number of benzene rings is 1. The molecule has 2 fully saturated rings. The highest BCUT2D eigenvalue weighted by Gasteiger charge is 2.54. The topological polar surface area (TPSA) is 106 Å². The first-order valence-corrected chi connectivity index (χ1v) is 11.3. The van der Waals surface area contributed by atoms with Crippen LogP contribution in [0.4, 0.5) is 5.82 Å². The van der Waals surface area contributed by atoms with Crippen molar-refractivity contribution in [2.45, 2.75) is 50.8 Å². The summed E-state index contributed by atoms with van der Waals surface area (Å²) in [6.45, 7) is 5.05. The first kappa shape index (κ1) is 21.9. The minimum absolute atomic E-state index is 0.00517. The summed E-state index contributed by atoms with van der Waals surface area (Å²) in [6, 6.07) is 7.93. The number of methoxy groups -OCH3 is 2. The van der Waals surface area contributed by atoms with Crippen molar-refractivity contribution >= 4 is 16.9 Å². The molecule has 0 bridgehead atoms. The molecule has 1 saturated carbocycles. The molecule has 3 N–H and O–H groups in total. The molecule has 0 amide bonds. The van der Waals surface area contributed by atoms with Gasteiger partial charge in [-0.05, 0) is 45.0 Å². The van der Waals surface area contributed by atoms with Crippen LogP contribution in [0.15, 0.2) is 36.8 Å². The maximum absolute atomic E-state index is 6.29. The van der Waals surface area contributed by atoms with Gasteiger partial charge in [0.05, 0.1) is 31.8 Å². The summed E-state index contributed by atoms with van der Waals surface area (Å²) in [5, 5.41) is 4.39. The number of nitrogens with one attached hydrogen (secondary N) is 1. The number of rotatable bonds is 7. The summed E-state index contributed by atoms with van der Waals surface area (Å²) < 4.78 is 25.5. The molecular formula is C24H31N5O4. The number of fused-ring (bicyclic) bond motifs is 2. The number of anilines is 1. The van der Waals surface area contributed by atoms with Gasteiger partial charge in [0.25, 0.3) is 0 Å². The highest BCUT2D eigenvalue weighted by molar-refractivity contribution is 5.87. The average Bonchev–Trinajstić information content (AvgIpc) is 3.48. The molecule has 0 radical (unpaired) electrons. The summed E-state index contributed by atoms with van der Waals surface area (Å²) in [6.07, 6.45) is 4.48. The number of ether oxygens (including phenoxy) is 4. The smallest absolute Gasteiger partial charge is 0.163 e. The predicted octanol–water partition coefficient (Wildman–Crippen LogP) is 3.10. The van der Waals surface area contributed by atoms with E-state index in [2.05, 4.69) is 32.1 Å². The minimum atomic E-state index is -0.608. The first-order chi connectivity index (χ1) is 15.9. The van der Waals surface area contributed by atoms with Gasteiger partial charge in [-0.3, -0.25) is 0 Å². The van der Waals surface area contributed by atoms with Gasteiger partial charge in [0, 0.05) is 30.3 Å². The molecule has 1 aliphatic carbocycles. The normalized spacial score (nSPS) is 25.8. The number of nitrogens with zero attached hydrogens (tertiary/aromatic N) is 3. The SMILES string of the molecule is COc1ccc(CNc2ncnc3c2ccn3C2CC(CN)C3OC(C)(C)OC32)c(OC)c1. The third-order valence-electron chi connectivity index (χ3n) is 6.66. The zero-order valence-electron chi connectivity index (χ0n) is 19.4. The molecule has 5 rings (SSSR count). The Morgan fingerprint density at radius 3 is 2.73 bits per heavy atom. The van der Waals surface area contributed by atoms with Crippen molar-refractivity contribution in [2.75, 3.05) is 26.1 Å². The van der Waals surface area contributed by atoms with E-state index in [0.717, 1.165) is 40.3 Å². The molecule has 0 spiro atoms. The largest absolute Gasteiger partial charge is 0.497 e. The molecule has 1 aromatic carbocycles. The van der Waals surface area contributed by atoms with Crippen LogP contribution < -0.4 is 20.5 Å². The maximum atomic E-state index is 6.29. The predicted molar refractivity (Wildman–Crippen MR) is 124 cm³/mol. The van der Waals surface area contributed by atoms with Crippen molar-refractivity contribution in [3.05, 3.63) is 42.4 Å². The van der Waals surface area contributed by atoms with E-state index in [-0.39, 0.29) is 24.2 Å². The Bertz CT molecular complexity index is 1150. The molecule has 3 heterocycles. The summed E-state index contributed by atoms with van der Waals surface area (Å²) in [7, 11) is 3.29. The van der Waals surface area contributed by atoms with E-state index in [9.17, 15) is 0 Å². The minimum Gasteiger partial charge on any atom is -0.497 e. The third kappa shape index (κ3) is 3.90. The van der Waals surface area contributed by atoms with Crippen molar-refractivity contribution < 1.29 is 18.9 Å². The molecule has 33 heavy (non-hydrogen) atoms. The molecule has 9 heteroatoms. The van der Waals surface area contributed by atoms with Crippen LogP contribution >= 0.6 is 0 Å². The second-order valence-electron chi connectivity index (χ2n) is 9.08. The molecule has 2 aromatic heterocycles. The van der Waals surface area contributed by atoms with E-state index in [1.54, 1.807) is 20.5 Å². The van der Waals surface area contributed by atoms with Gasteiger partial charge in [0.15, 0.2) is 5.79 Å². The van der Waals surface area contributed by atoms with Crippen molar-refractivity contribution in [2.24, 2.45) is 11.7 Å². The van der Waals surface area contributed by atoms with Crippen LogP contribution in [-0.2, 0) is 16.0 Å². The molecule has 4 unspecified atom stereocenters. The number of hydrogen-bond donors (Lipinski definition) is 2. The van der Waals surface area contributed by atoms with Crippen LogP contribution in [0, 0.1) is 5.92 Å². The summed E-state index contributed by atoms with van der Waals surface area (Å²) in [5.74, 6) is 1.93. The summed E-state index contributed by atoms with van der Waals surface area (Å²) in [4.78, 5) is 9.10. The fourth-order valence-corrected chi connectivity index (χ4v) is 5.12. The van der Waals surface area contributed by atoms with Gasteiger partial charge in [0.1, 0.15) is 35.4 Å². The lowest BCUT2D eigenvalue weighted by molar-refractivity contribution is -0.159. The zero-order chi connectivity index (χ0) is 23.2. The van der Waals surface area contributed by atoms with Crippen LogP contribution in [0.3, 0.4) is 0 Å². The third-order valence-corrected chi connectivity index (χ3v) is 6.66. The van der Waals surface area contributed by atoms with Gasteiger partial charge >= 0.3 is 0 Å². The Kier molecular flexibility index (Phi) is 5.64. The Balaban J connectivity index is 1.41. The van der Waals surface area contributed by atoms with Gasteiger partial charge < -0.3 is 34.6 Å². The molecule has 3 aromatic rings. The maximum Gasteiger partial charge on any atom is 0.163 e. The van der Waals surface area contributed by atoms with Crippen molar-refractivity contribution in [3.63, 3.8) is 0 Å². The lowest BCUT2D eigenvalue weighted by Gasteiger charge is -2.24.